The largest absolute Gasteiger partial charge is 0.365 e. The number of carbonyl (C=O) groups is 1. The van der Waals surface area contributed by atoms with Gasteiger partial charge in [0.05, 0.1) is 16.8 Å². The lowest BCUT2D eigenvalue weighted by Crippen LogP contribution is -1.90. The van der Waals surface area contributed by atoms with Gasteiger partial charge in [-0.05, 0) is 0 Å². The van der Waals surface area contributed by atoms with Gasteiger partial charge >= 0.3 is 0 Å². The zero-order chi connectivity index (χ0) is 10.8. The number of Topliss-reactive ketones (excluding diaryl/α,β-unsaturated/α-hetero) is 1. The number of thiazole rings is 1. The van der Waals surface area contributed by atoms with E-state index in [1.807, 2.05) is 0 Å². The quantitative estimate of drug-likeness (QED) is 0.776. The maximum atomic E-state index is 11.4. The van der Waals surface area contributed by atoms with Crippen LogP contribution in [0.2, 0.25) is 0 Å². The SMILES string of the molecule is CNc1nc(-c2cn[nH]c2)c(C(C)=O)s1. The third-order valence-corrected chi connectivity index (χ3v) is 3.11. The summed E-state index contributed by atoms with van der Waals surface area (Å²) in [6, 6.07) is 0. The molecule has 0 aliphatic rings. The molecular formula is C9H10N4OS. The number of aromatic amines is 1. The Kier molecular flexibility index (Phi) is 2.51. The van der Waals surface area contributed by atoms with E-state index in [1.54, 1.807) is 19.4 Å². The molecule has 6 heteroatoms. The van der Waals surface area contributed by atoms with Crippen LogP contribution in [0.25, 0.3) is 11.3 Å². The summed E-state index contributed by atoms with van der Waals surface area (Å²) in [6.45, 7) is 1.54. The van der Waals surface area contributed by atoms with E-state index in [4.69, 9.17) is 0 Å². The zero-order valence-corrected chi connectivity index (χ0v) is 9.18. The van der Waals surface area contributed by atoms with Crippen LogP contribution in [0.5, 0.6) is 0 Å². The molecule has 2 heterocycles. The van der Waals surface area contributed by atoms with Gasteiger partial charge in [-0.2, -0.15) is 5.10 Å². The molecule has 0 atom stereocenters. The maximum absolute atomic E-state index is 11.4. The molecule has 5 nitrogen and oxygen atoms in total. The fraction of sp³-hybridized carbons (Fsp3) is 0.222. The molecule has 0 bridgehead atoms. The number of rotatable bonds is 3. The van der Waals surface area contributed by atoms with E-state index >= 15 is 0 Å². The van der Waals surface area contributed by atoms with Gasteiger partial charge in [-0.3, -0.25) is 9.89 Å². The van der Waals surface area contributed by atoms with Crippen molar-refractivity contribution in [2.24, 2.45) is 0 Å². The van der Waals surface area contributed by atoms with Crippen molar-refractivity contribution in [3.05, 3.63) is 17.3 Å². The van der Waals surface area contributed by atoms with Gasteiger partial charge < -0.3 is 5.32 Å². The van der Waals surface area contributed by atoms with Crippen molar-refractivity contribution in [2.75, 3.05) is 12.4 Å². The maximum Gasteiger partial charge on any atom is 0.183 e. The number of nitrogens with one attached hydrogen (secondary N) is 2. The topological polar surface area (TPSA) is 70.7 Å². The fourth-order valence-electron chi connectivity index (χ4n) is 1.24. The molecular weight excluding hydrogens is 212 g/mol. The van der Waals surface area contributed by atoms with Crippen molar-refractivity contribution in [3.8, 4) is 11.3 Å². The first-order valence-corrected chi connectivity index (χ1v) is 5.22. The second kappa shape index (κ2) is 3.82. The highest BCUT2D eigenvalue weighted by atomic mass is 32.1. The van der Waals surface area contributed by atoms with Gasteiger partial charge in [-0.1, -0.05) is 11.3 Å². The molecule has 0 amide bonds. The summed E-state index contributed by atoms with van der Waals surface area (Å²) in [5.41, 5.74) is 1.52. The summed E-state index contributed by atoms with van der Waals surface area (Å²) < 4.78 is 0. The van der Waals surface area contributed by atoms with Crippen molar-refractivity contribution in [3.63, 3.8) is 0 Å². The van der Waals surface area contributed by atoms with E-state index in [0.29, 0.717) is 10.6 Å². The number of ketones is 1. The molecule has 2 N–H and O–H groups in total. The highest BCUT2D eigenvalue weighted by molar-refractivity contribution is 7.18. The Balaban J connectivity index is 2.54. The molecule has 2 rings (SSSR count). The first kappa shape index (κ1) is 9.85. The van der Waals surface area contributed by atoms with E-state index in [2.05, 4.69) is 20.5 Å². The van der Waals surface area contributed by atoms with Crippen molar-refractivity contribution in [1.29, 1.82) is 0 Å². The van der Waals surface area contributed by atoms with Crippen molar-refractivity contribution in [2.45, 2.75) is 6.92 Å². The molecule has 0 unspecified atom stereocenters. The summed E-state index contributed by atoms with van der Waals surface area (Å²) in [5, 5.41) is 10.2. The van der Waals surface area contributed by atoms with Gasteiger partial charge in [0.25, 0.3) is 0 Å². The Morgan fingerprint density at radius 2 is 2.40 bits per heavy atom. The minimum atomic E-state index is 0.0187. The van der Waals surface area contributed by atoms with Crippen LogP contribution in [-0.4, -0.2) is 28.0 Å². The molecule has 0 saturated heterocycles. The van der Waals surface area contributed by atoms with Crippen LogP contribution in [0.15, 0.2) is 12.4 Å². The number of H-pyrrole nitrogens is 1. The minimum absolute atomic E-state index is 0.0187. The summed E-state index contributed by atoms with van der Waals surface area (Å²) in [5.74, 6) is 0.0187. The molecule has 0 aromatic carbocycles. The molecule has 2 aromatic rings. The summed E-state index contributed by atoms with van der Waals surface area (Å²) in [4.78, 5) is 16.4. The second-order valence-electron chi connectivity index (χ2n) is 2.99. The Labute approximate surface area is 90.6 Å². The average Bonchev–Trinajstić information content (AvgIpc) is 2.86. The van der Waals surface area contributed by atoms with Crippen LogP contribution >= 0.6 is 11.3 Å². The number of anilines is 1. The smallest absolute Gasteiger partial charge is 0.183 e. The molecule has 0 saturated carbocycles. The van der Waals surface area contributed by atoms with Crippen LogP contribution in [0.1, 0.15) is 16.6 Å². The summed E-state index contributed by atoms with van der Waals surface area (Å²) in [7, 11) is 1.78. The standard InChI is InChI=1S/C9H10N4OS/c1-5(14)8-7(6-3-11-12-4-6)13-9(10-2)15-8/h3-4H,1-2H3,(H,10,13)(H,11,12). The molecule has 0 aliphatic carbocycles. The van der Waals surface area contributed by atoms with Crippen molar-refractivity contribution >= 4 is 22.3 Å². The average molecular weight is 222 g/mol. The van der Waals surface area contributed by atoms with Gasteiger partial charge in [-0.25, -0.2) is 4.98 Å². The van der Waals surface area contributed by atoms with Crippen molar-refractivity contribution < 1.29 is 4.79 Å². The zero-order valence-electron chi connectivity index (χ0n) is 8.37. The third-order valence-electron chi connectivity index (χ3n) is 1.93. The lowest BCUT2D eigenvalue weighted by atomic mass is 10.2. The Bertz CT molecular complexity index is 474. The van der Waals surface area contributed by atoms with Gasteiger partial charge in [0.15, 0.2) is 10.9 Å². The van der Waals surface area contributed by atoms with Crippen LogP contribution < -0.4 is 5.32 Å². The number of nitrogens with zero attached hydrogens (tertiary/aromatic N) is 2. The number of carbonyl (C=O) groups excluding carboxylic acids is 1. The van der Waals surface area contributed by atoms with Gasteiger partial charge in [-0.15, -0.1) is 0 Å². The van der Waals surface area contributed by atoms with Crippen LogP contribution in [0, 0.1) is 0 Å². The molecule has 0 radical (unpaired) electrons. The van der Waals surface area contributed by atoms with E-state index in [0.717, 1.165) is 10.7 Å². The summed E-state index contributed by atoms with van der Waals surface area (Å²) >= 11 is 1.35. The molecule has 2 aromatic heterocycles. The molecule has 0 fully saturated rings. The highest BCUT2D eigenvalue weighted by Gasteiger charge is 2.16. The van der Waals surface area contributed by atoms with E-state index in [-0.39, 0.29) is 5.78 Å². The predicted molar refractivity (Wildman–Crippen MR) is 59.2 cm³/mol. The fourth-order valence-corrected chi connectivity index (χ4v) is 2.08. The van der Waals surface area contributed by atoms with Crippen LogP contribution in [0.3, 0.4) is 0 Å². The molecule has 0 aliphatic heterocycles. The normalized spacial score (nSPS) is 10.3. The molecule has 78 valence electrons. The number of aromatic nitrogens is 3. The van der Waals surface area contributed by atoms with E-state index in [9.17, 15) is 4.79 Å². The Morgan fingerprint density at radius 3 is 2.93 bits per heavy atom. The highest BCUT2D eigenvalue weighted by Crippen LogP contribution is 2.30. The number of hydrogen-bond acceptors (Lipinski definition) is 5. The van der Waals surface area contributed by atoms with Gasteiger partial charge in [0.2, 0.25) is 0 Å². The van der Waals surface area contributed by atoms with E-state index in [1.165, 1.54) is 18.3 Å². The van der Waals surface area contributed by atoms with Gasteiger partial charge in [0.1, 0.15) is 0 Å². The molecule has 0 spiro atoms. The van der Waals surface area contributed by atoms with Crippen LogP contribution in [0.4, 0.5) is 5.13 Å². The lowest BCUT2D eigenvalue weighted by Gasteiger charge is -1.92. The predicted octanol–water partition coefficient (Wildman–Crippen LogP) is 1.78. The van der Waals surface area contributed by atoms with Gasteiger partial charge in [0, 0.05) is 25.7 Å². The second-order valence-corrected chi connectivity index (χ2v) is 3.99. The molecule has 15 heavy (non-hydrogen) atoms. The minimum Gasteiger partial charge on any atom is -0.365 e. The number of hydrogen-bond donors (Lipinski definition) is 2. The lowest BCUT2D eigenvalue weighted by molar-refractivity contribution is 0.102. The first-order chi connectivity index (χ1) is 7.22. The third kappa shape index (κ3) is 1.75. The van der Waals surface area contributed by atoms with Crippen molar-refractivity contribution in [1.82, 2.24) is 15.2 Å². The van der Waals surface area contributed by atoms with Crippen LogP contribution in [-0.2, 0) is 0 Å². The Hall–Kier alpha value is -1.69. The van der Waals surface area contributed by atoms with E-state index < -0.39 is 0 Å². The Morgan fingerprint density at radius 1 is 1.60 bits per heavy atom. The summed E-state index contributed by atoms with van der Waals surface area (Å²) in [6.07, 6.45) is 3.38. The first-order valence-electron chi connectivity index (χ1n) is 4.41. The monoisotopic (exact) mass is 222 g/mol.